The van der Waals surface area contributed by atoms with E-state index in [0.717, 1.165) is 0 Å². The summed E-state index contributed by atoms with van der Waals surface area (Å²) in [6.07, 6.45) is -3.72. The molecule has 3 rings (SSSR count). The Bertz CT molecular complexity index is 345. The van der Waals surface area contributed by atoms with Crippen LogP contribution >= 0.6 is 0 Å². The van der Waals surface area contributed by atoms with Gasteiger partial charge in [0.2, 0.25) is 0 Å². The summed E-state index contributed by atoms with van der Waals surface area (Å²) >= 11 is 0. The van der Waals surface area contributed by atoms with Gasteiger partial charge < -0.3 is 23.7 Å². The minimum absolute atomic E-state index is 0.320. The van der Waals surface area contributed by atoms with Crippen LogP contribution in [0.25, 0.3) is 0 Å². The molecule has 3 aliphatic heterocycles. The van der Waals surface area contributed by atoms with E-state index < -0.39 is 42.3 Å². The molecule has 0 aromatic heterocycles. The first-order chi connectivity index (χ1) is 8.27. The fourth-order valence-corrected chi connectivity index (χ4v) is 2.67. The van der Waals surface area contributed by atoms with E-state index in [1.807, 2.05) is 0 Å². The maximum absolute atomic E-state index is 14.3. The average Bonchev–Trinajstić information content (AvgIpc) is 2.81. The molecule has 0 amide bonds. The van der Waals surface area contributed by atoms with Crippen molar-refractivity contribution < 1.29 is 28.1 Å². The van der Waals surface area contributed by atoms with Crippen molar-refractivity contribution in [3.8, 4) is 0 Å². The smallest absolute Gasteiger partial charge is 0.190 e. The summed E-state index contributed by atoms with van der Waals surface area (Å²) < 4.78 is 42.0. The molecular weight excluding hydrogens is 243 g/mol. The molecule has 0 N–H and O–H groups in total. The Morgan fingerprint density at radius 2 is 1.67 bits per heavy atom. The molecule has 104 valence electrons. The zero-order chi connectivity index (χ0) is 13.1. The van der Waals surface area contributed by atoms with Gasteiger partial charge in [0.1, 0.15) is 18.3 Å². The van der Waals surface area contributed by atoms with Crippen molar-refractivity contribution in [3.05, 3.63) is 0 Å². The summed E-state index contributed by atoms with van der Waals surface area (Å²) in [6.45, 7) is 7.41. The quantitative estimate of drug-likeness (QED) is 0.714. The average molecular weight is 262 g/mol. The van der Waals surface area contributed by atoms with Crippen molar-refractivity contribution in [3.63, 3.8) is 0 Å². The summed E-state index contributed by atoms with van der Waals surface area (Å²) in [4.78, 5) is 0. The first kappa shape index (κ1) is 12.7. The van der Waals surface area contributed by atoms with Crippen LogP contribution in [-0.2, 0) is 23.7 Å². The first-order valence-corrected chi connectivity index (χ1v) is 6.24. The third-order valence-electron chi connectivity index (χ3n) is 3.40. The Kier molecular flexibility index (Phi) is 2.74. The van der Waals surface area contributed by atoms with Gasteiger partial charge in [0.05, 0.1) is 6.61 Å². The summed E-state index contributed by atoms with van der Waals surface area (Å²) in [7, 11) is 0. The van der Waals surface area contributed by atoms with Crippen LogP contribution in [0.1, 0.15) is 27.7 Å². The second kappa shape index (κ2) is 3.86. The second-order valence-electron chi connectivity index (χ2n) is 5.88. The number of halogens is 1. The van der Waals surface area contributed by atoms with E-state index in [-0.39, 0.29) is 0 Å². The highest BCUT2D eigenvalue weighted by Crippen LogP contribution is 2.41. The molecule has 0 aromatic carbocycles. The van der Waals surface area contributed by atoms with E-state index in [4.69, 9.17) is 23.7 Å². The van der Waals surface area contributed by atoms with Gasteiger partial charge in [-0.2, -0.15) is 0 Å². The van der Waals surface area contributed by atoms with E-state index >= 15 is 0 Å². The minimum Gasteiger partial charge on any atom is -0.348 e. The Morgan fingerprint density at radius 1 is 0.944 bits per heavy atom. The Morgan fingerprint density at radius 3 is 2.22 bits per heavy atom. The van der Waals surface area contributed by atoms with Crippen molar-refractivity contribution in [1.82, 2.24) is 0 Å². The molecule has 0 radical (unpaired) electrons. The highest BCUT2D eigenvalue weighted by molar-refractivity contribution is 4.97. The Hall–Kier alpha value is -0.270. The topological polar surface area (TPSA) is 46.2 Å². The van der Waals surface area contributed by atoms with Crippen molar-refractivity contribution in [2.45, 2.75) is 70.0 Å². The molecule has 3 fully saturated rings. The monoisotopic (exact) mass is 262 g/mol. The maximum atomic E-state index is 14.3. The van der Waals surface area contributed by atoms with Crippen LogP contribution in [0.15, 0.2) is 0 Å². The number of rotatable bonds is 1. The summed E-state index contributed by atoms with van der Waals surface area (Å²) in [5, 5.41) is 0. The van der Waals surface area contributed by atoms with E-state index in [2.05, 4.69) is 0 Å². The predicted octanol–water partition coefficient (Wildman–Crippen LogP) is 1.35. The van der Waals surface area contributed by atoms with Crippen molar-refractivity contribution >= 4 is 0 Å². The molecule has 6 heteroatoms. The number of hydrogen-bond acceptors (Lipinski definition) is 5. The van der Waals surface area contributed by atoms with Crippen molar-refractivity contribution in [2.24, 2.45) is 0 Å². The normalized spacial score (nSPS) is 49.5. The number of alkyl halides is 1. The molecule has 18 heavy (non-hydrogen) atoms. The van der Waals surface area contributed by atoms with Crippen molar-refractivity contribution in [2.75, 3.05) is 6.61 Å². The number of hydrogen-bond donors (Lipinski definition) is 0. The zero-order valence-corrected chi connectivity index (χ0v) is 11.0. The minimum atomic E-state index is -1.26. The van der Waals surface area contributed by atoms with Gasteiger partial charge in [-0.1, -0.05) is 0 Å². The molecule has 0 aliphatic carbocycles. The van der Waals surface area contributed by atoms with Crippen molar-refractivity contribution in [1.29, 1.82) is 0 Å². The van der Waals surface area contributed by atoms with Crippen LogP contribution in [0.4, 0.5) is 4.39 Å². The third kappa shape index (κ3) is 2.06. The number of ether oxygens (including phenoxy) is 5. The summed E-state index contributed by atoms with van der Waals surface area (Å²) in [5.74, 6) is -1.48. The lowest BCUT2D eigenvalue weighted by Crippen LogP contribution is -2.40. The van der Waals surface area contributed by atoms with Crippen LogP contribution in [0.5, 0.6) is 0 Å². The van der Waals surface area contributed by atoms with Gasteiger partial charge in [-0.05, 0) is 27.7 Å². The fourth-order valence-electron chi connectivity index (χ4n) is 2.67. The summed E-state index contributed by atoms with van der Waals surface area (Å²) in [5.41, 5.74) is 0. The van der Waals surface area contributed by atoms with Gasteiger partial charge in [0, 0.05) is 0 Å². The van der Waals surface area contributed by atoms with Gasteiger partial charge >= 0.3 is 0 Å². The van der Waals surface area contributed by atoms with Gasteiger partial charge in [-0.25, -0.2) is 4.39 Å². The van der Waals surface area contributed by atoms with Gasteiger partial charge in [-0.3, -0.25) is 0 Å². The van der Waals surface area contributed by atoms with Crippen LogP contribution in [0.2, 0.25) is 0 Å². The lowest BCUT2D eigenvalue weighted by Gasteiger charge is -2.25. The van der Waals surface area contributed by atoms with E-state index in [1.165, 1.54) is 0 Å². The largest absolute Gasteiger partial charge is 0.348 e. The van der Waals surface area contributed by atoms with Crippen LogP contribution < -0.4 is 0 Å². The SMILES string of the molecule is CC1(C)OCC([C@@H]2OC3OC(C)(C)O[C@@H]3[C@H]2F)O1. The molecule has 0 aromatic rings. The lowest BCUT2D eigenvalue weighted by atomic mass is 10.1. The molecular formula is C12H19FO5. The van der Waals surface area contributed by atoms with Crippen LogP contribution in [0.3, 0.4) is 0 Å². The standard InChI is InChI=1S/C12H19FO5/c1-11(2)14-5-6(16-11)8-7(13)9-10(15-8)18-12(3,4)17-9/h6-10H,5H2,1-4H3/t6?,7-,8-,9+,10?/m0/s1. The Balaban J connectivity index is 1.68. The molecule has 3 saturated heterocycles. The van der Waals surface area contributed by atoms with E-state index in [1.54, 1.807) is 27.7 Å². The van der Waals surface area contributed by atoms with Crippen LogP contribution in [-0.4, -0.2) is 49.0 Å². The number of fused-ring (bicyclic) bond motifs is 1. The van der Waals surface area contributed by atoms with Gasteiger partial charge in [0.15, 0.2) is 24.0 Å². The van der Waals surface area contributed by atoms with Gasteiger partial charge in [-0.15, -0.1) is 0 Å². The second-order valence-corrected chi connectivity index (χ2v) is 5.88. The highest BCUT2D eigenvalue weighted by atomic mass is 19.1. The maximum Gasteiger partial charge on any atom is 0.190 e. The first-order valence-electron chi connectivity index (χ1n) is 6.24. The fraction of sp³-hybridized carbons (Fsp3) is 1.00. The highest BCUT2D eigenvalue weighted by Gasteiger charge is 2.58. The molecule has 5 atom stereocenters. The zero-order valence-electron chi connectivity index (χ0n) is 11.0. The molecule has 0 bridgehead atoms. The lowest BCUT2D eigenvalue weighted by molar-refractivity contribution is -0.227. The molecule has 3 heterocycles. The van der Waals surface area contributed by atoms with E-state index in [9.17, 15) is 4.39 Å². The third-order valence-corrected chi connectivity index (χ3v) is 3.40. The molecule has 0 spiro atoms. The predicted molar refractivity (Wildman–Crippen MR) is 58.5 cm³/mol. The molecule has 2 unspecified atom stereocenters. The molecule has 0 saturated carbocycles. The Labute approximate surface area is 105 Å². The summed E-state index contributed by atoms with van der Waals surface area (Å²) in [6, 6.07) is 0. The molecule has 3 aliphatic rings. The van der Waals surface area contributed by atoms with Crippen LogP contribution in [0, 0.1) is 0 Å². The van der Waals surface area contributed by atoms with E-state index in [0.29, 0.717) is 6.61 Å². The van der Waals surface area contributed by atoms with Gasteiger partial charge in [0.25, 0.3) is 0 Å². The molecule has 5 nitrogen and oxygen atoms in total.